The molecule has 1 aliphatic heterocycles. The van der Waals surface area contributed by atoms with Gasteiger partial charge in [0.25, 0.3) is 5.91 Å². The zero-order chi connectivity index (χ0) is 10.2. The van der Waals surface area contributed by atoms with Crippen molar-refractivity contribution in [1.29, 1.82) is 0 Å². The lowest BCUT2D eigenvalue weighted by molar-refractivity contribution is -0.127. The van der Waals surface area contributed by atoms with Crippen LogP contribution in [0.4, 0.5) is 10.1 Å². The normalized spacial score (nSPS) is 24.6. The quantitative estimate of drug-likeness (QED) is 0.742. The molecule has 0 radical (unpaired) electrons. The van der Waals surface area contributed by atoms with Gasteiger partial charge in [0.15, 0.2) is 0 Å². The van der Waals surface area contributed by atoms with Crippen LogP contribution in [0.25, 0.3) is 0 Å². The fourth-order valence-electron chi connectivity index (χ4n) is 1.73. The molecule has 3 nitrogen and oxygen atoms in total. The molecule has 4 heteroatoms. The summed E-state index contributed by atoms with van der Waals surface area (Å²) < 4.78 is 14.2. The third-order valence-corrected chi connectivity index (χ3v) is 2.45. The lowest BCUT2D eigenvalue weighted by Crippen LogP contribution is -2.31. The average molecular weight is 194 g/mol. The van der Waals surface area contributed by atoms with Gasteiger partial charge >= 0.3 is 0 Å². The van der Waals surface area contributed by atoms with E-state index >= 15 is 0 Å². The number of fused-ring (bicyclic) bond motifs is 1. The molecular formula is C10H11FN2O. The van der Waals surface area contributed by atoms with E-state index in [1.165, 1.54) is 0 Å². The Labute approximate surface area is 81.1 Å². The highest BCUT2D eigenvalue weighted by atomic mass is 19.1. The van der Waals surface area contributed by atoms with Crippen molar-refractivity contribution < 1.29 is 9.18 Å². The van der Waals surface area contributed by atoms with Crippen molar-refractivity contribution >= 4 is 11.6 Å². The zero-order valence-corrected chi connectivity index (χ0v) is 7.59. The van der Waals surface area contributed by atoms with E-state index in [1.807, 2.05) is 0 Å². The van der Waals surface area contributed by atoms with Crippen LogP contribution in [0, 0.1) is 0 Å². The number of anilines is 1. The maximum atomic E-state index is 14.2. The molecule has 14 heavy (non-hydrogen) atoms. The van der Waals surface area contributed by atoms with Gasteiger partial charge in [-0.3, -0.25) is 4.79 Å². The van der Waals surface area contributed by atoms with Gasteiger partial charge in [-0.25, -0.2) is 4.39 Å². The Balaban J connectivity index is 2.48. The number of hydrogen-bond acceptors (Lipinski definition) is 2. The molecule has 0 saturated carbocycles. The third kappa shape index (κ3) is 1.11. The molecule has 1 amide bonds. The van der Waals surface area contributed by atoms with Crippen LogP contribution in [-0.4, -0.2) is 12.5 Å². The summed E-state index contributed by atoms with van der Waals surface area (Å²) in [5.74, 6) is -0.607. The van der Waals surface area contributed by atoms with Gasteiger partial charge in [-0.05, 0) is 12.6 Å². The molecule has 1 aromatic rings. The van der Waals surface area contributed by atoms with Crippen LogP contribution < -0.4 is 11.1 Å². The van der Waals surface area contributed by atoms with Crippen molar-refractivity contribution in [3.8, 4) is 0 Å². The zero-order valence-electron chi connectivity index (χ0n) is 7.59. The highest BCUT2D eigenvalue weighted by Gasteiger charge is 2.46. The first-order valence-corrected chi connectivity index (χ1v) is 4.48. The summed E-state index contributed by atoms with van der Waals surface area (Å²) in [6.07, 6.45) is 0.0237. The Kier molecular flexibility index (Phi) is 2.00. The Morgan fingerprint density at radius 3 is 2.86 bits per heavy atom. The Hall–Kier alpha value is -1.42. The summed E-state index contributed by atoms with van der Waals surface area (Å²) in [4.78, 5) is 11.4. The summed E-state index contributed by atoms with van der Waals surface area (Å²) >= 11 is 0. The van der Waals surface area contributed by atoms with Crippen LogP contribution in [0.2, 0.25) is 0 Å². The number of benzene rings is 1. The molecule has 2 rings (SSSR count). The Morgan fingerprint density at radius 2 is 2.14 bits per heavy atom. The minimum atomic E-state index is -1.94. The molecule has 3 N–H and O–H groups in total. The highest BCUT2D eigenvalue weighted by Crippen LogP contribution is 2.40. The molecular weight excluding hydrogens is 183 g/mol. The fraction of sp³-hybridized carbons (Fsp3) is 0.300. The second-order valence-corrected chi connectivity index (χ2v) is 3.34. The molecule has 0 bridgehead atoms. The SMILES string of the molecule is NCCC1(F)C(=O)Nc2ccccc21. The number of para-hydroxylation sites is 1. The van der Waals surface area contributed by atoms with Crippen molar-refractivity contribution in [2.45, 2.75) is 12.1 Å². The summed E-state index contributed by atoms with van der Waals surface area (Å²) in [6, 6.07) is 6.77. The molecule has 1 atom stereocenters. The van der Waals surface area contributed by atoms with Gasteiger partial charge in [0.05, 0.1) is 0 Å². The molecule has 0 aromatic heterocycles. The van der Waals surface area contributed by atoms with E-state index in [-0.39, 0.29) is 13.0 Å². The van der Waals surface area contributed by atoms with E-state index in [2.05, 4.69) is 5.32 Å². The van der Waals surface area contributed by atoms with Crippen LogP contribution in [0.3, 0.4) is 0 Å². The van der Waals surface area contributed by atoms with Crippen LogP contribution in [0.15, 0.2) is 24.3 Å². The second-order valence-electron chi connectivity index (χ2n) is 3.34. The van der Waals surface area contributed by atoms with E-state index in [4.69, 9.17) is 5.73 Å². The van der Waals surface area contributed by atoms with Gasteiger partial charge in [0, 0.05) is 17.7 Å². The number of halogens is 1. The number of carbonyl (C=O) groups excluding carboxylic acids is 1. The lowest BCUT2D eigenvalue weighted by Gasteiger charge is -2.16. The van der Waals surface area contributed by atoms with Gasteiger partial charge in [-0.1, -0.05) is 18.2 Å². The molecule has 0 saturated heterocycles. The Morgan fingerprint density at radius 1 is 1.43 bits per heavy atom. The standard InChI is InChI=1S/C10H11FN2O/c11-10(5-6-12)7-3-1-2-4-8(7)13-9(10)14/h1-4H,5-6,12H2,(H,13,14). The predicted molar refractivity (Wildman–Crippen MR) is 51.5 cm³/mol. The van der Waals surface area contributed by atoms with E-state index < -0.39 is 11.6 Å². The van der Waals surface area contributed by atoms with Crippen molar-refractivity contribution in [3.63, 3.8) is 0 Å². The first-order valence-electron chi connectivity index (χ1n) is 4.48. The largest absolute Gasteiger partial charge is 0.330 e. The third-order valence-electron chi connectivity index (χ3n) is 2.45. The van der Waals surface area contributed by atoms with Crippen LogP contribution in [0.5, 0.6) is 0 Å². The smallest absolute Gasteiger partial charge is 0.266 e. The second kappa shape index (κ2) is 3.06. The number of nitrogens with two attached hydrogens (primary N) is 1. The first kappa shape index (κ1) is 9.15. The van der Waals surface area contributed by atoms with Crippen molar-refractivity contribution in [1.82, 2.24) is 0 Å². The monoisotopic (exact) mass is 194 g/mol. The molecule has 74 valence electrons. The van der Waals surface area contributed by atoms with E-state index in [0.717, 1.165) is 0 Å². The number of carbonyl (C=O) groups is 1. The van der Waals surface area contributed by atoms with Gasteiger partial charge in [-0.2, -0.15) is 0 Å². The van der Waals surface area contributed by atoms with Crippen molar-refractivity contribution in [2.24, 2.45) is 5.73 Å². The molecule has 1 aromatic carbocycles. The van der Waals surface area contributed by atoms with Gasteiger partial charge < -0.3 is 11.1 Å². The molecule has 1 aliphatic rings. The molecule has 1 unspecified atom stereocenters. The van der Waals surface area contributed by atoms with E-state index in [1.54, 1.807) is 24.3 Å². The minimum absolute atomic E-state index is 0.0237. The van der Waals surface area contributed by atoms with Crippen molar-refractivity contribution in [2.75, 3.05) is 11.9 Å². The maximum absolute atomic E-state index is 14.2. The van der Waals surface area contributed by atoms with E-state index in [0.29, 0.717) is 11.3 Å². The van der Waals surface area contributed by atoms with Gasteiger partial charge in [0.1, 0.15) is 0 Å². The number of alkyl halides is 1. The van der Waals surface area contributed by atoms with E-state index in [9.17, 15) is 9.18 Å². The predicted octanol–water partition coefficient (Wildman–Crippen LogP) is 1.15. The number of amides is 1. The molecule has 0 aliphatic carbocycles. The topological polar surface area (TPSA) is 55.1 Å². The van der Waals surface area contributed by atoms with Crippen molar-refractivity contribution in [3.05, 3.63) is 29.8 Å². The summed E-state index contributed by atoms with van der Waals surface area (Å²) in [5.41, 5.74) is 4.30. The van der Waals surface area contributed by atoms with Crippen LogP contribution in [0.1, 0.15) is 12.0 Å². The summed E-state index contributed by atoms with van der Waals surface area (Å²) in [5, 5.41) is 2.50. The number of nitrogens with one attached hydrogen (secondary N) is 1. The van der Waals surface area contributed by atoms with Crippen LogP contribution >= 0.6 is 0 Å². The Bertz CT molecular complexity index is 380. The summed E-state index contributed by atoms with van der Waals surface area (Å²) in [6.45, 7) is 0.151. The summed E-state index contributed by atoms with van der Waals surface area (Å²) in [7, 11) is 0. The average Bonchev–Trinajstić information content (AvgIpc) is 2.41. The maximum Gasteiger partial charge on any atom is 0.266 e. The first-order chi connectivity index (χ1) is 6.68. The highest BCUT2D eigenvalue weighted by molar-refractivity contribution is 6.04. The van der Waals surface area contributed by atoms with Gasteiger partial charge in [0.2, 0.25) is 5.67 Å². The number of hydrogen-bond donors (Lipinski definition) is 2. The van der Waals surface area contributed by atoms with Crippen LogP contribution in [-0.2, 0) is 10.5 Å². The lowest BCUT2D eigenvalue weighted by atomic mass is 9.94. The van der Waals surface area contributed by atoms with Gasteiger partial charge in [-0.15, -0.1) is 0 Å². The molecule has 1 heterocycles. The molecule has 0 fully saturated rings. The molecule has 0 spiro atoms. The number of rotatable bonds is 2. The fourth-order valence-corrected chi connectivity index (χ4v) is 1.73. The minimum Gasteiger partial charge on any atom is -0.330 e.